The molecule has 0 saturated heterocycles. The molecule has 108 valence electrons. The van der Waals surface area contributed by atoms with E-state index in [4.69, 9.17) is 33.7 Å². The molecule has 0 radical (unpaired) electrons. The average molecular weight is 322 g/mol. The van der Waals surface area contributed by atoms with Gasteiger partial charge in [0, 0.05) is 21.7 Å². The Hall–Kier alpha value is -1.97. The summed E-state index contributed by atoms with van der Waals surface area (Å²) in [5, 5.41) is 1.15. The second kappa shape index (κ2) is 7.16. The van der Waals surface area contributed by atoms with Crippen molar-refractivity contribution < 1.29 is 9.53 Å². The van der Waals surface area contributed by atoms with Crippen LogP contribution in [0.3, 0.4) is 0 Å². The molecular formula is C16H13Cl2NO2. The SMILES string of the molecule is NC(=O)/C=C/c1cccc(OCc2ccc(Cl)cc2Cl)c1. The van der Waals surface area contributed by atoms with Crippen LogP contribution >= 0.6 is 23.2 Å². The number of rotatable bonds is 5. The molecule has 1 amide bonds. The van der Waals surface area contributed by atoms with E-state index in [1.807, 2.05) is 30.3 Å². The van der Waals surface area contributed by atoms with E-state index in [0.29, 0.717) is 22.4 Å². The normalized spacial score (nSPS) is 10.8. The predicted molar refractivity (Wildman–Crippen MR) is 85.5 cm³/mol. The van der Waals surface area contributed by atoms with Crippen molar-refractivity contribution in [2.24, 2.45) is 5.73 Å². The highest BCUT2D eigenvalue weighted by Crippen LogP contribution is 2.23. The molecule has 0 saturated carbocycles. The van der Waals surface area contributed by atoms with Crippen LogP contribution in [-0.2, 0) is 11.4 Å². The van der Waals surface area contributed by atoms with Crippen molar-refractivity contribution in [3.8, 4) is 5.75 Å². The van der Waals surface area contributed by atoms with Gasteiger partial charge in [0.05, 0.1) is 0 Å². The summed E-state index contributed by atoms with van der Waals surface area (Å²) >= 11 is 11.9. The molecule has 21 heavy (non-hydrogen) atoms. The minimum absolute atomic E-state index is 0.332. The maximum atomic E-state index is 10.7. The van der Waals surface area contributed by atoms with Crippen LogP contribution in [-0.4, -0.2) is 5.91 Å². The smallest absolute Gasteiger partial charge is 0.241 e. The Morgan fingerprint density at radius 3 is 2.71 bits per heavy atom. The number of halogens is 2. The lowest BCUT2D eigenvalue weighted by atomic mass is 10.2. The summed E-state index contributed by atoms with van der Waals surface area (Å²) in [5.41, 5.74) is 6.73. The molecule has 0 bridgehead atoms. The lowest BCUT2D eigenvalue weighted by Crippen LogP contribution is -2.05. The van der Waals surface area contributed by atoms with Crippen molar-refractivity contribution in [1.82, 2.24) is 0 Å². The second-order valence-corrected chi connectivity index (χ2v) is 5.18. The third-order valence-corrected chi connectivity index (χ3v) is 3.29. The number of primary amides is 1. The van der Waals surface area contributed by atoms with E-state index in [1.54, 1.807) is 18.2 Å². The first-order chi connectivity index (χ1) is 10.0. The fourth-order valence-corrected chi connectivity index (χ4v) is 2.15. The summed E-state index contributed by atoms with van der Waals surface area (Å²) < 4.78 is 5.68. The molecule has 2 aromatic rings. The number of carbonyl (C=O) groups is 1. The average Bonchev–Trinajstić information content (AvgIpc) is 2.45. The van der Waals surface area contributed by atoms with Crippen LogP contribution in [0.25, 0.3) is 6.08 Å². The number of ether oxygens (including phenoxy) is 1. The molecule has 0 aliphatic heterocycles. The Bertz CT molecular complexity index is 684. The molecule has 3 nitrogen and oxygen atoms in total. The summed E-state index contributed by atoms with van der Waals surface area (Å²) in [5.74, 6) is 0.182. The third-order valence-electron chi connectivity index (χ3n) is 2.71. The molecule has 5 heteroatoms. The van der Waals surface area contributed by atoms with Gasteiger partial charge in [0.15, 0.2) is 0 Å². The summed E-state index contributed by atoms with van der Waals surface area (Å²) in [6.45, 7) is 0.332. The molecule has 0 atom stereocenters. The molecule has 0 unspecified atom stereocenters. The Morgan fingerprint density at radius 2 is 2.00 bits per heavy atom. The zero-order chi connectivity index (χ0) is 15.2. The van der Waals surface area contributed by atoms with E-state index in [0.717, 1.165) is 11.1 Å². The van der Waals surface area contributed by atoms with Gasteiger partial charge in [-0.05, 0) is 35.9 Å². The maximum absolute atomic E-state index is 10.7. The molecule has 2 aromatic carbocycles. The van der Waals surface area contributed by atoms with E-state index >= 15 is 0 Å². The number of hydrogen-bond donors (Lipinski definition) is 1. The lowest BCUT2D eigenvalue weighted by Gasteiger charge is -2.08. The molecule has 0 aliphatic rings. The first kappa shape index (κ1) is 15.4. The second-order valence-electron chi connectivity index (χ2n) is 4.33. The van der Waals surface area contributed by atoms with Crippen LogP contribution in [0.15, 0.2) is 48.5 Å². The fraction of sp³-hybridized carbons (Fsp3) is 0.0625. The highest BCUT2D eigenvalue weighted by Gasteiger charge is 2.03. The highest BCUT2D eigenvalue weighted by atomic mass is 35.5. The van der Waals surface area contributed by atoms with Crippen LogP contribution < -0.4 is 10.5 Å². The number of benzene rings is 2. The summed E-state index contributed by atoms with van der Waals surface area (Å²) in [4.78, 5) is 10.7. The Morgan fingerprint density at radius 1 is 1.19 bits per heavy atom. The van der Waals surface area contributed by atoms with Crippen LogP contribution in [0.2, 0.25) is 10.0 Å². The Balaban J connectivity index is 2.06. The summed E-state index contributed by atoms with van der Waals surface area (Å²) in [7, 11) is 0. The topological polar surface area (TPSA) is 52.3 Å². The molecule has 0 fully saturated rings. The summed E-state index contributed by atoms with van der Waals surface area (Å²) in [6, 6.07) is 12.6. The van der Waals surface area contributed by atoms with E-state index in [2.05, 4.69) is 0 Å². The van der Waals surface area contributed by atoms with Gasteiger partial charge in [0.25, 0.3) is 0 Å². The van der Waals surface area contributed by atoms with E-state index in [9.17, 15) is 4.79 Å². The van der Waals surface area contributed by atoms with E-state index < -0.39 is 5.91 Å². The van der Waals surface area contributed by atoms with Gasteiger partial charge in [-0.3, -0.25) is 4.79 Å². The lowest BCUT2D eigenvalue weighted by molar-refractivity contribution is -0.113. The van der Waals surface area contributed by atoms with Gasteiger partial charge < -0.3 is 10.5 Å². The monoisotopic (exact) mass is 321 g/mol. The van der Waals surface area contributed by atoms with Gasteiger partial charge in [-0.2, -0.15) is 0 Å². The fourth-order valence-electron chi connectivity index (χ4n) is 1.69. The van der Waals surface area contributed by atoms with Gasteiger partial charge >= 0.3 is 0 Å². The van der Waals surface area contributed by atoms with Crippen molar-refractivity contribution in [2.75, 3.05) is 0 Å². The van der Waals surface area contributed by atoms with Crippen molar-refractivity contribution in [3.05, 3.63) is 69.7 Å². The number of amides is 1. The minimum Gasteiger partial charge on any atom is -0.489 e. The zero-order valence-corrected chi connectivity index (χ0v) is 12.6. The number of hydrogen-bond acceptors (Lipinski definition) is 2. The van der Waals surface area contributed by atoms with Gasteiger partial charge in [0.2, 0.25) is 5.91 Å². The van der Waals surface area contributed by atoms with E-state index in [-0.39, 0.29) is 0 Å². The van der Waals surface area contributed by atoms with Gasteiger partial charge in [-0.25, -0.2) is 0 Å². The highest BCUT2D eigenvalue weighted by molar-refractivity contribution is 6.35. The van der Waals surface area contributed by atoms with Gasteiger partial charge in [-0.1, -0.05) is 41.4 Å². The molecule has 2 N–H and O–H groups in total. The van der Waals surface area contributed by atoms with Crippen LogP contribution in [0.5, 0.6) is 5.75 Å². The van der Waals surface area contributed by atoms with Crippen molar-refractivity contribution in [3.63, 3.8) is 0 Å². The van der Waals surface area contributed by atoms with Crippen LogP contribution in [0.1, 0.15) is 11.1 Å². The molecular weight excluding hydrogens is 309 g/mol. The van der Waals surface area contributed by atoms with Crippen LogP contribution in [0, 0.1) is 0 Å². The van der Waals surface area contributed by atoms with Gasteiger partial charge in [-0.15, -0.1) is 0 Å². The predicted octanol–water partition coefficient (Wildman–Crippen LogP) is 4.07. The summed E-state index contributed by atoms with van der Waals surface area (Å²) in [6.07, 6.45) is 2.93. The number of carbonyl (C=O) groups excluding carboxylic acids is 1. The van der Waals surface area contributed by atoms with E-state index in [1.165, 1.54) is 6.08 Å². The minimum atomic E-state index is -0.491. The Kier molecular flexibility index (Phi) is 5.26. The molecule has 0 spiro atoms. The van der Waals surface area contributed by atoms with Crippen LogP contribution in [0.4, 0.5) is 0 Å². The third kappa shape index (κ3) is 4.81. The maximum Gasteiger partial charge on any atom is 0.241 e. The van der Waals surface area contributed by atoms with Crippen molar-refractivity contribution >= 4 is 35.2 Å². The van der Waals surface area contributed by atoms with Gasteiger partial charge in [0.1, 0.15) is 12.4 Å². The number of nitrogens with two attached hydrogens (primary N) is 1. The largest absolute Gasteiger partial charge is 0.489 e. The first-order valence-corrected chi connectivity index (χ1v) is 6.94. The molecule has 0 heterocycles. The quantitative estimate of drug-likeness (QED) is 0.844. The van der Waals surface area contributed by atoms with Crippen molar-refractivity contribution in [2.45, 2.75) is 6.61 Å². The molecule has 0 aromatic heterocycles. The Labute approximate surface area is 132 Å². The standard InChI is InChI=1S/C16H13Cl2NO2/c17-13-6-5-12(15(18)9-13)10-21-14-3-1-2-11(8-14)4-7-16(19)20/h1-9H,10H2,(H2,19,20)/b7-4+. The molecule has 0 aliphatic carbocycles. The molecule has 2 rings (SSSR count). The van der Waals surface area contributed by atoms with Crippen molar-refractivity contribution in [1.29, 1.82) is 0 Å². The first-order valence-electron chi connectivity index (χ1n) is 6.19. The zero-order valence-electron chi connectivity index (χ0n) is 11.1.